The lowest BCUT2D eigenvalue weighted by atomic mass is 9.86. The van der Waals surface area contributed by atoms with Crippen LogP contribution in [0.1, 0.15) is 55.7 Å². The first kappa shape index (κ1) is 16.8. The van der Waals surface area contributed by atoms with E-state index in [0.29, 0.717) is 6.54 Å². The minimum absolute atomic E-state index is 0.134. The maximum Gasteiger partial charge on any atom is 0.317 e. The summed E-state index contributed by atoms with van der Waals surface area (Å²) in [6, 6.07) is -0.289. The molecule has 1 aromatic heterocycles. The van der Waals surface area contributed by atoms with Crippen LogP contribution in [-0.4, -0.2) is 40.9 Å². The summed E-state index contributed by atoms with van der Waals surface area (Å²) in [4.78, 5) is 14.0. The molecule has 22 heavy (non-hydrogen) atoms. The molecule has 0 saturated heterocycles. The Morgan fingerprint density at radius 3 is 2.73 bits per heavy atom. The SMILES string of the molecule is Cc1noc(C)c1C(C)NC(=O)N(C)CC1CCCCC1O. The number of aryl methyl sites for hydroxylation is 2. The Labute approximate surface area is 131 Å². The Bertz CT molecular complexity index is 495. The van der Waals surface area contributed by atoms with Crippen LogP contribution in [0.5, 0.6) is 0 Å². The molecule has 0 spiro atoms. The highest BCUT2D eigenvalue weighted by Gasteiger charge is 2.26. The molecule has 6 nitrogen and oxygen atoms in total. The van der Waals surface area contributed by atoms with Crippen molar-refractivity contribution in [3.8, 4) is 0 Å². The number of aliphatic hydroxyl groups is 1. The predicted octanol–water partition coefficient (Wildman–Crippen LogP) is 2.54. The zero-order valence-corrected chi connectivity index (χ0v) is 13.9. The quantitative estimate of drug-likeness (QED) is 0.896. The Balaban J connectivity index is 1.91. The average Bonchev–Trinajstić information content (AvgIpc) is 2.80. The molecule has 0 bridgehead atoms. The van der Waals surface area contributed by atoms with E-state index in [1.165, 1.54) is 0 Å². The first-order chi connectivity index (χ1) is 10.4. The smallest absolute Gasteiger partial charge is 0.317 e. The van der Waals surface area contributed by atoms with Gasteiger partial charge in [-0.25, -0.2) is 4.79 Å². The van der Waals surface area contributed by atoms with Crippen LogP contribution >= 0.6 is 0 Å². The highest BCUT2D eigenvalue weighted by molar-refractivity contribution is 5.74. The molecule has 6 heteroatoms. The van der Waals surface area contributed by atoms with E-state index in [-0.39, 0.29) is 24.1 Å². The molecule has 1 heterocycles. The second kappa shape index (κ2) is 7.13. The number of urea groups is 1. The van der Waals surface area contributed by atoms with Crippen molar-refractivity contribution >= 4 is 6.03 Å². The van der Waals surface area contributed by atoms with Crippen LogP contribution in [0.25, 0.3) is 0 Å². The van der Waals surface area contributed by atoms with Gasteiger partial charge in [0, 0.05) is 25.1 Å². The van der Waals surface area contributed by atoms with Crippen LogP contribution in [0.4, 0.5) is 4.79 Å². The normalized spacial score (nSPS) is 23.1. The van der Waals surface area contributed by atoms with Gasteiger partial charge in [0.05, 0.1) is 17.8 Å². The molecule has 3 atom stereocenters. The lowest BCUT2D eigenvalue weighted by Crippen LogP contribution is -2.43. The number of rotatable bonds is 4. The van der Waals surface area contributed by atoms with Gasteiger partial charge in [-0.2, -0.15) is 0 Å². The predicted molar refractivity (Wildman–Crippen MR) is 83.5 cm³/mol. The fourth-order valence-electron chi connectivity index (χ4n) is 3.31. The van der Waals surface area contributed by atoms with Crippen LogP contribution in [-0.2, 0) is 0 Å². The maximum absolute atomic E-state index is 12.3. The van der Waals surface area contributed by atoms with Gasteiger partial charge in [-0.1, -0.05) is 18.0 Å². The van der Waals surface area contributed by atoms with E-state index in [9.17, 15) is 9.90 Å². The number of aliphatic hydroxyl groups excluding tert-OH is 1. The number of aromatic nitrogens is 1. The summed E-state index contributed by atoms with van der Waals surface area (Å²) in [5.74, 6) is 0.912. The molecule has 3 unspecified atom stereocenters. The Morgan fingerprint density at radius 1 is 1.45 bits per heavy atom. The molecule has 0 radical (unpaired) electrons. The fourth-order valence-corrected chi connectivity index (χ4v) is 3.31. The summed E-state index contributed by atoms with van der Waals surface area (Å²) < 4.78 is 5.15. The van der Waals surface area contributed by atoms with Crippen molar-refractivity contribution < 1.29 is 14.4 Å². The van der Waals surface area contributed by atoms with E-state index in [2.05, 4.69) is 10.5 Å². The molecule has 1 fully saturated rings. The first-order valence-corrected chi connectivity index (χ1v) is 8.02. The summed E-state index contributed by atoms with van der Waals surface area (Å²) in [5, 5.41) is 16.9. The van der Waals surface area contributed by atoms with E-state index >= 15 is 0 Å². The van der Waals surface area contributed by atoms with Gasteiger partial charge in [-0.3, -0.25) is 0 Å². The van der Waals surface area contributed by atoms with E-state index in [0.717, 1.165) is 42.7 Å². The number of hydrogen-bond acceptors (Lipinski definition) is 4. The number of carbonyl (C=O) groups is 1. The summed E-state index contributed by atoms with van der Waals surface area (Å²) in [7, 11) is 1.77. The number of nitrogens with zero attached hydrogens (tertiary/aromatic N) is 2. The molecule has 1 aromatic rings. The zero-order chi connectivity index (χ0) is 16.3. The molecule has 2 rings (SSSR count). The maximum atomic E-state index is 12.3. The van der Waals surface area contributed by atoms with Crippen LogP contribution in [0.15, 0.2) is 4.52 Å². The minimum Gasteiger partial charge on any atom is -0.393 e. The van der Waals surface area contributed by atoms with Gasteiger partial charge in [-0.05, 0) is 33.6 Å². The van der Waals surface area contributed by atoms with Crippen molar-refractivity contribution in [1.82, 2.24) is 15.4 Å². The third-order valence-electron chi connectivity index (χ3n) is 4.59. The molecule has 1 saturated carbocycles. The Kier molecular flexibility index (Phi) is 5.45. The molecule has 0 aromatic carbocycles. The largest absolute Gasteiger partial charge is 0.393 e. The third kappa shape index (κ3) is 3.80. The zero-order valence-electron chi connectivity index (χ0n) is 13.9. The van der Waals surface area contributed by atoms with Crippen molar-refractivity contribution in [3.05, 3.63) is 17.0 Å². The molecular formula is C16H27N3O3. The van der Waals surface area contributed by atoms with Crippen LogP contribution in [0.3, 0.4) is 0 Å². The van der Waals surface area contributed by atoms with E-state index in [4.69, 9.17) is 4.52 Å². The van der Waals surface area contributed by atoms with Gasteiger partial charge in [0.1, 0.15) is 5.76 Å². The van der Waals surface area contributed by atoms with Crippen LogP contribution in [0, 0.1) is 19.8 Å². The minimum atomic E-state index is -0.288. The molecular weight excluding hydrogens is 282 g/mol. The van der Waals surface area contributed by atoms with E-state index in [1.807, 2.05) is 20.8 Å². The van der Waals surface area contributed by atoms with E-state index < -0.39 is 0 Å². The van der Waals surface area contributed by atoms with Gasteiger partial charge in [0.2, 0.25) is 0 Å². The molecule has 2 amide bonds. The molecule has 1 aliphatic rings. The van der Waals surface area contributed by atoms with Gasteiger partial charge >= 0.3 is 6.03 Å². The summed E-state index contributed by atoms with van der Waals surface area (Å²) in [5.41, 5.74) is 1.73. The number of nitrogens with one attached hydrogen (secondary N) is 1. The molecule has 0 aliphatic heterocycles. The van der Waals surface area contributed by atoms with Gasteiger partial charge in [-0.15, -0.1) is 0 Å². The lowest BCUT2D eigenvalue weighted by Gasteiger charge is -2.31. The summed E-state index contributed by atoms with van der Waals surface area (Å²) >= 11 is 0. The fraction of sp³-hybridized carbons (Fsp3) is 0.750. The van der Waals surface area contributed by atoms with Crippen molar-refractivity contribution in [2.75, 3.05) is 13.6 Å². The van der Waals surface area contributed by atoms with Crippen LogP contribution in [0.2, 0.25) is 0 Å². The van der Waals surface area contributed by atoms with Gasteiger partial charge in [0.25, 0.3) is 0 Å². The number of carbonyl (C=O) groups excluding carboxylic acids is 1. The molecule has 1 aliphatic carbocycles. The topological polar surface area (TPSA) is 78.6 Å². The second-order valence-electron chi connectivity index (χ2n) is 6.40. The van der Waals surface area contributed by atoms with Crippen molar-refractivity contribution in [1.29, 1.82) is 0 Å². The number of amides is 2. The Hall–Kier alpha value is -1.56. The van der Waals surface area contributed by atoms with Crippen molar-refractivity contribution in [3.63, 3.8) is 0 Å². The van der Waals surface area contributed by atoms with Gasteiger partial charge < -0.3 is 19.8 Å². The monoisotopic (exact) mass is 309 g/mol. The first-order valence-electron chi connectivity index (χ1n) is 8.02. The van der Waals surface area contributed by atoms with Crippen LogP contribution < -0.4 is 5.32 Å². The standard InChI is InChI=1S/C16H27N3O3/c1-10(15-11(2)18-22-12(15)3)17-16(21)19(4)9-13-7-5-6-8-14(13)20/h10,13-14,20H,5-9H2,1-4H3,(H,17,21). The van der Waals surface area contributed by atoms with Crippen molar-refractivity contribution in [2.45, 2.75) is 58.6 Å². The highest BCUT2D eigenvalue weighted by Crippen LogP contribution is 2.25. The van der Waals surface area contributed by atoms with E-state index in [1.54, 1.807) is 11.9 Å². The molecule has 124 valence electrons. The van der Waals surface area contributed by atoms with Gasteiger partial charge in [0.15, 0.2) is 0 Å². The van der Waals surface area contributed by atoms with Crippen molar-refractivity contribution in [2.24, 2.45) is 5.92 Å². The lowest BCUT2D eigenvalue weighted by molar-refractivity contribution is 0.0563. The third-order valence-corrected chi connectivity index (χ3v) is 4.59. The second-order valence-corrected chi connectivity index (χ2v) is 6.40. The average molecular weight is 309 g/mol. The Morgan fingerprint density at radius 2 is 2.14 bits per heavy atom. The summed E-state index contributed by atoms with van der Waals surface area (Å²) in [6.07, 6.45) is 3.75. The molecule has 2 N–H and O–H groups in total. The number of hydrogen-bond donors (Lipinski definition) is 2. The highest BCUT2D eigenvalue weighted by atomic mass is 16.5. The summed E-state index contributed by atoms with van der Waals surface area (Å²) in [6.45, 7) is 6.23.